The number of carboxylic acids is 1. The highest BCUT2D eigenvalue weighted by molar-refractivity contribution is 9.10. The van der Waals surface area contributed by atoms with E-state index < -0.39 is 5.97 Å². The number of likely N-dealkylation sites (tertiary alicyclic amines) is 1. The smallest absolute Gasteiger partial charge is 0.306 e. The van der Waals surface area contributed by atoms with Crippen LogP contribution in [0.3, 0.4) is 0 Å². The minimum atomic E-state index is -0.696. The second-order valence-corrected chi connectivity index (χ2v) is 6.72. The van der Waals surface area contributed by atoms with E-state index in [2.05, 4.69) is 31.0 Å². The van der Waals surface area contributed by atoms with E-state index in [1.54, 1.807) is 0 Å². The van der Waals surface area contributed by atoms with Crippen molar-refractivity contribution in [2.24, 2.45) is 5.92 Å². The van der Waals surface area contributed by atoms with Gasteiger partial charge in [0.2, 0.25) is 5.89 Å². The molecule has 1 aromatic heterocycles. The molecule has 1 aromatic carbocycles. The van der Waals surface area contributed by atoms with Crippen LogP contribution in [-0.2, 0) is 17.8 Å². The highest BCUT2D eigenvalue weighted by atomic mass is 79.9. The topological polar surface area (TPSA) is 79.5 Å². The number of halogens is 1. The number of aliphatic carboxylic acids is 1. The van der Waals surface area contributed by atoms with Gasteiger partial charge < -0.3 is 9.63 Å². The van der Waals surface area contributed by atoms with Crippen molar-refractivity contribution >= 4 is 21.9 Å². The maximum atomic E-state index is 11.0. The second kappa shape index (κ2) is 7.23. The van der Waals surface area contributed by atoms with Crippen molar-refractivity contribution in [1.29, 1.82) is 0 Å². The van der Waals surface area contributed by atoms with Crippen LogP contribution in [0.2, 0.25) is 0 Å². The molecule has 2 heterocycles. The molecule has 23 heavy (non-hydrogen) atoms. The Bertz CT molecular complexity index is 681. The van der Waals surface area contributed by atoms with Gasteiger partial charge in [-0.15, -0.1) is 0 Å². The largest absolute Gasteiger partial charge is 0.481 e. The molecule has 0 atom stereocenters. The molecule has 0 unspecified atom stereocenters. The van der Waals surface area contributed by atoms with Gasteiger partial charge in [0.05, 0.1) is 12.5 Å². The molecule has 0 bridgehead atoms. The molecule has 2 aromatic rings. The summed E-state index contributed by atoms with van der Waals surface area (Å²) in [5, 5.41) is 13.0. The molecule has 1 saturated heterocycles. The third-order valence-electron chi connectivity index (χ3n) is 4.06. The van der Waals surface area contributed by atoms with Crippen LogP contribution in [0, 0.1) is 5.92 Å². The number of rotatable bonds is 5. The Morgan fingerprint density at radius 3 is 2.87 bits per heavy atom. The fraction of sp³-hybridized carbons (Fsp3) is 0.438. The quantitative estimate of drug-likeness (QED) is 0.859. The molecule has 1 N–H and O–H groups in total. The summed E-state index contributed by atoms with van der Waals surface area (Å²) in [6, 6.07) is 8.02. The van der Waals surface area contributed by atoms with E-state index in [9.17, 15) is 4.79 Å². The summed E-state index contributed by atoms with van der Waals surface area (Å²) in [6.45, 7) is 2.08. The molecule has 1 aliphatic rings. The van der Waals surface area contributed by atoms with Crippen LogP contribution in [0.1, 0.15) is 30.1 Å². The first-order valence-corrected chi connectivity index (χ1v) is 8.40. The first-order valence-electron chi connectivity index (χ1n) is 7.61. The Morgan fingerprint density at radius 1 is 1.39 bits per heavy atom. The zero-order valence-electron chi connectivity index (χ0n) is 12.6. The summed E-state index contributed by atoms with van der Waals surface area (Å²) in [4.78, 5) is 17.6. The number of carboxylic acid groups (broad SMARTS) is 1. The molecular weight excluding hydrogens is 362 g/mol. The van der Waals surface area contributed by atoms with Crippen LogP contribution in [0.25, 0.3) is 0 Å². The summed E-state index contributed by atoms with van der Waals surface area (Å²) in [7, 11) is 0. The number of benzene rings is 1. The fourth-order valence-electron chi connectivity index (χ4n) is 2.78. The summed E-state index contributed by atoms with van der Waals surface area (Å²) in [5.41, 5.74) is 1.12. The van der Waals surface area contributed by atoms with Crippen LogP contribution >= 0.6 is 15.9 Å². The number of carbonyl (C=O) groups is 1. The average molecular weight is 380 g/mol. The van der Waals surface area contributed by atoms with Crippen molar-refractivity contribution < 1.29 is 14.4 Å². The van der Waals surface area contributed by atoms with Crippen LogP contribution in [0.15, 0.2) is 33.3 Å². The lowest BCUT2D eigenvalue weighted by atomic mass is 9.97. The second-order valence-electron chi connectivity index (χ2n) is 5.80. The molecule has 3 rings (SSSR count). The van der Waals surface area contributed by atoms with Gasteiger partial charge in [-0.1, -0.05) is 33.2 Å². The minimum absolute atomic E-state index is 0.221. The van der Waals surface area contributed by atoms with E-state index in [1.165, 1.54) is 0 Å². The zero-order chi connectivity index (χ0) is 16.2. The lowest BCUT2D eigenvalue weighted by Crippen LogP contribution is -2.35. The van der Waals surface area contributed by atoms with Crippen LogP contribution in [-0.4, -0.2) is 39.2 Å². The van der Waals surface area contributed by atoms with Crippen molar-refractivity contribution in [2.75, 3.05) is 13.1 Å². The highest BCUT2D eigenvalue weighted by Crippen LogP contribution is 2.19. The molecule has 1 aliphatic heterocycles. The zero-order valence-corrected chi connectivity index (χ0v) is 14.2. The normalized spacial score (nSPS) is 16.6. The Balaban J connectivity index is 1.55. The maximum absolute atomic E-state index is 11.0. The van der Waals surface area contributed by atoms with Crippen molar-refractivity contribution in [2.45, 2.75) is 25.8 Å². The number of nitrogens with zero attached hydrogens (tertiary/aromatic N) is 3. The SMILES string of the molecule is O=C(O)C1CCN(Cc2nc(Cc3cccc(Br)c3)no2)CC1. The van der Waals surface area contributed by atoms with E-state index in [1.807, 2.05) is 24.3 Å². The third-order valence-corrected chi connectivity index (χ3v) is 4.55. The first-order chi connectivity index (χ1) is 11.1. The number of aromatic nitrogens is 2. The van der Waals surface area contributed by atoms with E-state index in [0.29, 0.717) is 37.5 Å². The van der Waals surface area contributed by atoms with E-state index in [4.69, 9.17) is 9.63 Å². The number of hydrogen-bond acceptors (Lipinski definition) is 5. The molecule has 0 aliphatic carbocycles. The van der Waals surface area contributed by atoms with Gasteiger partial charge >= 0.3 is 5.97 Å². The monoisotopic (exact) mass is 379 g/mol. The highest BCUT2D eigenvalue weighted by Gasteiger charge is 2.25. The van der Waals surface area contributed by atoms with Crippen LogP contribution in [0.5, 0.6) is 0 Å². The molecule has 0 saturated carbocycles. The molecular formula is C16H18BrN3O3. The number of hydrogen-bond donors (Lipinski definition) is 1. The summed E-state index contributed by atoms with van der Waals surface area (Å²) >= 11 is 3.45. The Morgan fingerprint density at radius 2 is 2.17 bits per heavy atom. The molecule has 0 spiro atoms. The molecule has 1 fully saturated rings. The number of piperidine rings is 1. The van der Waals surface area contributed by atoms with Gasteiger partial charge in [0, 0.05) is 10.9 Å². The van der Waals surface area contributed by atoms with Gasteiger partial charge in [-0.3, -0.25) is 9.69 Å². The van der Waals surface area contributed by atoms with Gasteiger partial charge in [-0.2, -0.15) is 4.98 Å². The van der Waals surface area contributed by atoms with Gasteiger partial charge in [-0.05, 0) is 43.6 Å². The van der Waals surface area contributed by atoms with Crippen molar-refractivity contribution in [3.8, 4) is 0 Å². The van der Waals surface area contributed by atoms with Crippen molar-refractivity contribution in [3.05, 3.63) is 46.0 Å². The molecule has 0 amide bonds. The van der Waals surface area contributed by atoms with Gasteiger partial charge in [0.25, 0.3) is 0 Å². The molecule has 6 nitrogen and oxygen atoms in total. The average Bonchev–Trinajstić information content (AvgIpc) is 2.95. The maximum Gasteiger partial charge on any atom is 0.306 e. The standard InChI is InChI=1S/C16H18BrN3O3/c17-13-3-1-2-11(8-13)9-14-18-15(23-19-14)10-20-6-4-12(5-7-20)16(21)22/h1-3,8,12H,4-7,9-10H2,(H,21,22). The Kier molecular flexibility index (Phi) is 5.07. The van der Waals surface area contributed by atoms with Gasteiger partial charge in [0.1, 0.15) is 0 Å². The lowest BCUT2D eigenvalue weighted by molar-refractivity contribution is -0.143. The first kappa shape index (κ1) is 16.1. The predicted octanol–water partition coefficient (Wildman–Crippen LogP) is 2.72. The van der Waals surface area contributed by atoms with Gasteiger partial charge in [0.15, 0.2) is 5.82 Å². The molecule has 0 radical (unpaired) electrons. The van der Waals surface area contributed by atoms with E-state index in [0.717, 1.165) is 23.1 Å². The summed E-state index contributed by atoms with van der Waals surface area (Å²) in [6.07, 6.45) is 1.98. The lowest BCUT2D eigenvalue weighted by Gasteiger charge is -2.28. The molecule has 122 valence electrons. The van der Waals surface area contributed by atoms with Crippen molar-refractivity contribution in [3.63, 3.8) is 0 Å². The van der Waals surface area contributed by atoms with Gasteiger partial charge in [-0.25, -0.2) is 0 Å². The fourth-order valence-corrected chi connectivity index (χ4v) is 3.23. The van der Waals surface area contributed by atoms with Crippen LogP contribution in [0.4, 0.5) is 0 Å². The predicted molar refractivity (Wildman–Crippen MR) is 86.9 cm³/mol. The third kappa shape index (κ3) is 4.39. The van der Waals surface area contributed by atoms with Crippen LogP contribution < -0.4 is 0 Å². The Hall–Kier alpha value is -1.73. The summed E-state index contributed by atoms with van der Waals surface area (Å²) < 4.78 is 6.34. The van der Waals surface area contributed by atoms with E-state index >= 15 is 0 Å². The minimum Gasteiger partial charge on any atom is -0.481 e. The summed E-state index contributed by atoms with van der Waals surface area (Å²) in [5.74, 6) is 0.335. The Labute approximate surface area is 142 Å². The van der Waals surface area contributed by atoms with E-state index in [-0.39, 0.29) is 5.92 Å². The molecule has 7 heteroatoms. The van der Waals surface area contributed by atoms with Crippen molar-refractivity contribution in [1.82, 2.24) is 15.0 Å².